The molecule has 0 radical (unpaired) electrons. The number of nitrogens with one attached hydrogen (secondary N) is 1. The number of carbonyl (C=O) groups is 2. The van der Waals surface area contributed by atoms with Crippen molar-refractivity contribution in [3.63, 3.8) is 0 Å². The van der Waals surface area contributed by atoms with Gasteiger partial charge in [0.1, 0.15) is 5.82 Å². The van der Waals surface area contributed by atoms with Gasteiger partial charge in [-0.1, -0.05) is 11.6 Å². The van der Waals surface area contributed by atoms with Gasteiger partial charge in [0.25, 0.3) is 0 Å². The van der Waals surface area contributed by atoms with E-state index in [4.69, 9.17) is 21.1 Å². The molecule has 0 unspecified atom stereocenters. The van der Waals surface area contributed by atoms with Crippen molar-refractivity contribution in [1.82, 2.24) is 4.90 Å². The third-order valence-corrected chi connectivity index (χ3v) is 4.03. The zero-order chi connectivity index (χ0) is 19.4. The minimum absolute atomic E-state index is 0.104. The molecule has 3 rings (SSSR count). The predicted molar refractivity (Wildman–Crippen MR) is 99.3 cm³/mol. The number of rotatable bonds is 5. The minimum Gasteiger partial charge on any atom is -0.454 e. The molecule has 2 aromatic rings. The first kappa shape index (κ1) is 18.7. The summed E-state index contributed by atoms with van der Waals surface area (Å²) in [6.07, 6.45) is 2.91. The highest BCUT2D eigenvalue weighted by Gasteiger charge is 2.18. The van der Waals surface area contributed by atoms with Crippen LogP contribution >= 0.6 is 11.6 Å². The Morgan fingerprint density at radius 1 is 1.26 bits per heavy atom. The van der Waals surface area contributed by atoms with Crippen LogP contribution in [0.4, 0.5) is 10.1 Å². The third-order valence-electron chi connectivity index (χ3n) is 3.75. The molecule has 1 N–H and O–H groups in total. The van der Waals surface area contributed by atoms with Crippen LogP contribution in [0.5, 0.6) is 11.5 Å². The summed E-state index contributed by atoms with van der Waals surface area (Å²) in [5, 5.41) is 2.99. The van der Waals surface area contributed by atoms with Gasteiger partial charge >= 0.3 is 0 Å². The number of likely N-dealkylation sites (N-methyl/N-ethyl adjacent to an activating group) is 1. The lowest BCUT2D eigenvalue weighted by Crippen LogP contribution is -2.33. The Hall–Kier alpha value is -3.06. The number of hydrogen-bond acceptors (Lipinski definition) is 4. The molecule has 140 valence electrons. The minimum atomic E-state index is -0.394. The van der Waals surface area contributed by atoms with Crippen LogP contribution in [0.3, 0.4) is 0 Å². The van der Waals surface area contributed by atoms with Crippen LogP contribution in [0.2, 0.25) is 5.02 Å². The van der Waals surface area contributed by atoms with E-state index in [9.17, 15) is 14.0 Å². The van der Waals surface area contributed by atoms with Crippen molar-refractivity contribution in [3.05, 3.63) is 58.9 Å². The van der Waals surface area contributed by atoms with Crippen LogP contribution in [0, 0.1) is 5.82 Å². The fourth-order valence-corrected chi connectivity index (χ4v) is 2.68. The SMILES string of the molecule is CN(CC(=O)Nc1ccc(F)cc1)C(=O)C=Cc1cc(Cl)c2c(c1)OCO2. The number of halogens is 2. The van der Waals surface area contributed by atoms with E-state index in [1.807, 2.05) is 0 Å². The van der Waals surface area contributed by atoms with Crippen molar-refractivity contribution in [2.45, 2.75) is 0 Å². The average Bonchev–Trinajstić information content (AvgIpc) is 3.10. The first-order valence-electron chi connectivity index (χ1n) is 8.00. The van der Waals surface area contributed by atoms with Gasteiger partial charge in [0.05, 0.1) is 11.6 Å². The zero-order valence-electron chi connectivity index (χ0n) is 14.4. The lowest BCUT2D eigenvalue weighted by Gasteiger charge is -2.14. The monoisotopic (exact) mass is 390 g/mol. The topological polar surface area (TPSA) is 67.9 Å². The average molecular weight is 391 g/mol. The second-order valence-corrected chi connectivity index (χ2v) is 6.23. The molecule has 8 heteroatoms. The summed E-state index contributed by atoms with van der Waals surface area (Å²) >= 11 is 6.10. The highest BCUT2D eigenvalue weighted by molar-refractivity contribution is 6.32. The van der Waals surface area contributed by atoms with Gasteiger partial charge in [-0.05, 0) is 48.0 Å². The summed E-state index contributed by atoms with van der Waals surface area (Å²) in [6, 6.07) is 8.73. The van der Waals surface area contributed by atoms with E-state index in [2.05, 4.69) is 5.32 Å². The molecule has 0 atom stereocenters. The van der Waals surface area contributed by atoms with Crippen molar-refractivity contribution in [1.29, 1.82) is 0 Å². The molecule has 0 spiro atoms. The molecular weight excluding hydrogens is 375 g/mol. The lowest BCUT2D eigenvalue weighted by molar-refractivity contribution is -0.129. The summed E-state index contributed by atoms with van der Waals surface area (Å²) in [7, 11) is 1.50. The van der Waals surface area contributed by atoms with Gasteiger partial charge in [-0.3, -0.25) is 9.59 Å². The van der Waals surface area contributed by atoms with Crippen molar-refractivity contribution in [2.24, 2.45) is 0 Å². The molecule has 0 saturated carbocycles. The largest absolute Gasteiger partial charge is 0.454 e. The van der Waals surface area contributed by atoms with Crippen molar-refractivity contribution in [3.8, 4) is 11.5 Å². The Bertz CT molecular complexity index is 899. The Balaban J connectivity index is 1.57. The molecule has 0 saturated heterocycles. The maximum atomic E-state index is 12.9. The Morgan fingerprint density at radius 3 is 2.74 bits per heavy atom. The van der Waals surface area contributed by atoms with Gasteiger partial charge in [-0.2, -0.15) is 0 Å². The molecule has 27 heavy (non-hydrogen) atoms. The first-order chi connectivity index (χ1) is 12.9. The fourth-order valence-electron chi connectivity index (χ4n) is 2.41. The van der Waals surface area contributed by atoms with E-state index >= 15 is 0 Å². The van der Waals surface area contributed by atoms with Crippen LogP contribution < -0.4 is 14.8 Å². The highest BCUT2D eigenvalue weighted by Crippen LogP contribution is 2.40. The number of fused-ring (bicyclic) bond motifs is 1. The second kappa shape index (κ2) is 8.09. The number of benzene rings is 2. The summed E-state index contributed by atoms with van der Waals surface area (Å²) in [5.74, 6) is -0.152. The van der Waals surface area contributed by atoms with Crippen molar-refractivity contribution in [2.75, 3.05) is 25.7 Å². The second-order valence-electron chi connectivity index (χ2n) is 5.82. The summed E-state index contributed by atoms with van der Waals surface area (Å²) < 4.78 is 23.4. The summed E-state index contributed by atoms with van der Waals surface area (Å²) in [6.45, 7) is -0.0461. The Morgan fingerprint density at radius 2 is 2.00 bits per heavy atom. The van der Waals surface area contributed by atoms with E-state index < -0.39 is 11.7 Å². The smallest absolute Gasteiger partial charge is 0.246 e. The standard InChI is InChI=1S/C19H16ClFN2O4/c1-23(10-17(24)22-14-5-3-13(21)4-6-14)18(25)7-2-12-8-15(20)19-16(9-12)26-11-27-19/h2-9H,10-11H2,1H3,(H,22,24). The predicted octanol–water partition coefficient (Wildman–Crippen LogP) is 3.32. The number of ether oxygens (including phenoxy) is 2. The van der Waals surface area contributed by atoms with Crippen LogP contribution in [-0.2, 0) is 9.59 Å². The molecule has 0 aromatic heterocycles. The van der Waals surface area contributed by atoms with Crippen LogP contribution in [-0.4, -0.2) is 37.1 Å². The van der Waals surface area contributed by atoms with Gasteiger partial charge < -0.3 is 19.7 Å². The quantitative estimate of drug-likeness (QED) is 0.795. The maximum Gasteiger partial charge on any atom is 0.246 e. The highest BCUT2D eigenvalue weighted by atomic mass is 35.5. The molecule has 0 bridgehead atoms. The Kier molecular flexibility index (Phi) is 5.61. The number of hydrogen-bond donors (Lipinski definition) is 1. The van der Waals surface area contributed by atoms with Gasteiger partial charge in [-0.15, -0.1) is 0 Å². The fraction of sp³-hybridized carbons (Fsp3) is 0.158. The molecule has 2 amide bonds. The molecule has 1 aliphatic heterocycles. The van der Waals surface area contributed by atoms with E-state index in [1.165, 1.54) is 42.3 Å². The third kappa shape index (κ3) is 4.77. The number of nitrogens with zero attached hydrogens (tertiary/aromatic N) is 1. The van der Waals surface area contributed by atoms with Gasteiger partial charge in [0.15, 0.2) is 11.5 Å². The summed E-state index contributed by atoms with van der Waals surface area (Å²) in [5.41, 5.74) is 1.12. The van der Waals surface area contributed by atoms with Gasteiger partial charge in [0, 0.05) is 18.8 Å². The molecule has 0 fully saturated rings. The molecular formula is C19H16ClFN2O4. The molecule has 1 aliphatic rings. The van der Waals surface area contributed by atoms with Crippen molar-refractivity contribution < 1.29 is 23.5 Å². The van der Waals surface area contributed by atoms with Crippen LogP contribution in [0.25, 0.3) is 6.08 Å². The molecule has 1 heterocycles. The van der Waals surface area contributed by atoms with E-state index in [-0.39, 0.29) is 19.2 Å². The van der Waals surface area contributed by atoms with Gasteiger partial charge in [-0.25, -0.2) is 4.39 Å². The van der Waals surface area contributed by atoms with Crippen LogP contribution in [0.1, 0.15) is 5.56 Å². The number of anilines is 1. The van der Waals surface area contributed by atoms with Gasteiger partial charge in [0.2, 0.25) is 18.6 Å². The molecule has 0 aliphatic carbocycles. The zero-order valence-corrected chi connectivity index (χ0v) is 15.1. The first-order valence-corrected chi connectivity index (χ1v) is 8.38. The number of amides is 2. The number of carbonyl (C=O) groups excluding carboxylic acids is 2. The Labute approximate surface area is 160 Å². The van der Waals surface area contributed by atoms with E-state index in [1.54, 1.807) is 18.2 Å². The normalized spacial score (nSPS) is 12.3. The van der Waals surface area contributed by atoms with E-state index in [0.717, 1.165) is 0 Å². The van der Waals surface area contributed by atoms with Crippen LogP contribution in [0.15, 0.2) is 42.5 Å². The lowest BCUT2D eigenvalue weighted by atomic mass is 10.2. The van der Waals surface area contributed by atoms with E-state index in [0.29, 0.717) is 27.8 Å². The summed E-state index contributed by atoms with van der Waals surface area (Å²) in [4.78, 5) is 25.4. The molecule has 2 aromatic carbocycles. The molecule has 6 nitrogen and oxygen atoms in total. The van der Waals surface area contributed by atoms with Crippen molar-refractivity contribution >= 4 is 35.2 Å². The maximum absolute atomic E-state index is 12.9.